The molecule has 28 heavy (non-hydrogen) atoms. The summed E-state index contributed by atoms with van der Waals surface area (Å²) in [5.41, 5.74) is 0.373. The molecule has 2 heterocycles. The summed E-state index contributed by atoms with van der Waals surface area (Å²) in [5, 5.41) is 2.94. The highest BCUT2D eigenvalue weighted by atomic mass is 19.1. The van der Waals surface area contributed by atoms with Crippen LogP contribution in [0.15, 0.2) is 24.3 Å². The van der Waals surface area contributed by atoms with Gasteiger partial charge in [-0.25, -0.2) is 4.39 Å². The molecule has 1 atom stereocenters. The zero-order chi connectivity index (χ0) is 19.6. The lowest BCUT2D eigenvalue weighted by Crippen LogP contribution is -2.42. The van der Waals surface area contributed by atoms with Gasteiger partial charge in [-0.1, -0.05) is 19.3 Å². The molecule has 6 heteroatoms. The lowest BCUT2D eigenvalue weighted by atomic mass is 9.71. The summed E-state index contributed by atoms with van der Waals surface area (Å²) in [4.78, 5) is 28.2. The molecule has 3 fully saturated rings. The molecule has 1 aromatic rings. The number of nitrogens with one attached hydrogen (secondary N) is 1. The number of hydrogen-bond acceptors (Lipinski definition) is 3. The highest BCUT2D eigenvalue weighted by Crippen LogP contribution is 2.45. The third-order valence-electron chi connectivity index (χ3n) is 6.83. The first-order valence-electron chi connectivity index (χ1n) is 10.5. The van der Waals surface area contributed by atoms with Crippen LogP contribution in [0, 0.1) is 23.1 Å². The minimum atomic E-state index is -0.330. The molecule has 4 rings (SSSR count). The normalized spacial score (nSPS) is 25.0. The van der Waals surface area contributed by atoms with E-state index in [1.807, 2.05) is 4.90 Å². The maximum Gasteiger partial charge on any atom is 0.229 e. The van der Waals surface area contributed by atoms with Crippen LogP contribution in [0.1, 0.15) is 44.9 Å². The lowest BCUT2D eigenvalue weighted by molar-refractivity contribution is -0.136. The SMILES string of the molecule is O=C(Nc1ccc(F)cc1)C1CN(C(=O)C2CCCCC2)CC12CCOCC2. The van der Waals surface area contributed by atoms with Crippen molar-refractivity contribution in [2.24, 2.45) is 17.3 Å². The van der Waals surface area contributed by atoms with E-state index in [-0.39, 0.29) is 34.9 Å². The zero-order valence-electron chi connectivity index (χ0n) is 16.3. The fourth-order valence-electron chi connectivity index (χ4n) is 5.15. The van der Waals surface area contributed by atoms with Crippen molar-refractivity contribution in [2.45, 2.75) is 44.9 Å². The second kappa shape index (κ2) is 8.19. The Labute approximate surface area is 165 Å². The number of rotatable bonds is 3. The van der Waals surface area contributed by atoms with Gasteiger partial charge in [0.2, 0.25) is 11.8 Å². The van der Waals surface area contributed by atoms with Gasteiger partial charge in [-0.2, -0.15) is 0 Å². The van der Waals surface area contributed by atoms with Crippen LogP contribution in [0.3, 0.4) is 0 Å². The van der Waals surface area contributed by atoms with Crippen LogP contribution in [-0.2, 0) is 14.3 Å². The van der Waals surface area contributed by atoms with E-state index in [0.717, 1.165) is 38.5 Å². The van der Waals surface area contributed by atoms with E-state index in [1.165, 1.54) is 18.6 Å². The molecule has 1 N–H and O–H groups in total. The van der Waals surface area contributed by atoms with Gasteiger partial charge in [-0.05, 0) is 49.9 Å². The number of carbonyl (C=O) groups is 2. The van der Waals surface area contributed by atoms with Crippen LogP contribution in [-0.4, -0.2) is 43.0 Å². The number of benzene rings is 1. The largest absolute Gasteiger partial charge is 0.381 e. The minimum absolute atomic E-state index is 0.0764. The number of ether oxygens (including phenoxy) is 1. The highest BCUT2D eigenvalue weighted by Gasteiger charge is 2.52. The predicted molar refractivity (Wildman–Crippen MR) is 104 cm³/mol. The number of amides is 2. The molecule has 1 unspecified atom stereocenters. The molecule has 2 saturated heterocycles. The summed E-state index contributed by atoms with van der Waals surface area (Å²) in [6.07, 6.45) is 6.99. The van der Waals surface area contributed by atoms with E-state index in [0.29, 0.717) is 32.0 Å². The lowest BCUT2D eigenvalue weighted by Gasteiger charge is -2.37. The van der Waals surface area contributed by atoms with Crippen LogP contribution in [0.2, 0.25) is 0 Å². The molecule has 152 valence electrons. The van der Waals surface area contributed by atoms with Gasteiger partial charge in [0.05, 0.1) is 5.92 Å². The average Bonchev–Trinajstić information content (AvgIpc) is 3.09. The number of anilines is 1. The first-order valence-corrected chi connectivity index (χ1v) is 10.5. The average molecular weight is 388 g/mol. The molecule has 1 aromatic carbocycles. The van der Waals surface area contributed by atoms with Crippen molar-refractivity contribution in [2.75, 3.05) is 31.6 Å². The van der Waals surface area contributed by atoms with Crippen LogP contribution in [0.25, 0.3) is 0 Å². The topological polar surface area (TPSA) is 58.6 Å². The second-order valence-electron chi connectivity index (χ2n) is 8.58. The van der Waals surface area contributed by atoms with Crippen molar-refractivity contribution in [1.29, 1.82) is 0 Å². The van der Waals surface area contributed by atoms with Gasteiger partial charge in [0.15, 0.2) is 0 Å². The molecule has 1 saturated carbocycles. The van der Waals surface area contributed by atoms with E-state index < -0.39 is 0 Å². The van der Waals surface area contributed by atoms with E-state index in [1.54, 1.807) is 12.1 Å². The highest BCUT2D eigenvalue weighted by molar-refractivity contribution is 5.94. The van der Waals surface area contributed by atoms with Gasteiger partial charge in [-0.15, -0.1) is 0 Å². The van der Waals surface area contributed by atoms with Crippen LogP contribution < -0.4 is 5.32 Å². The van der Waals surface area contributed by atoms with Crippen LogP contribution >= 0.6 is 0 Å². The first-order chi connectivity index (χ1) is 13.6. The fraction of sp³-hybridized carbons (Fsp3) is 0.636. The Balaban J connectivity index is 1.50. The van der Waals surface area contributed by atoms with Gasteiger partial charge in [-0.3, -0.25) is 9.59 Å². The Morgan fingerprint density at radius 3 is 2.43 bits per heavy atom. The van der Waals surface area contributed by atoms with E-state index >= 15 is 0 Å². The number of nitrogens with zero attached hydrogens (tertiary/aromatic N) is 1. The zero-order valence-corrected chi connectivity index (χ0v) is 16.3. The summed E-state index contributed by atoms with van der Waals surface area (Å²) in [5.74, 6) is -0.322. The maximum absolute atomic E-state index is 13.2. The van der Waals surface area contributed by atoms with Crippen LogP contribution in [0.5, 0.6) is 0 Å². The van der Waals surface area contributed by atoms with Crippen molar-refractivity contribution in [3.8, 4) is 0 Å². The van der Waals surface area contributed by atoms with Gasteiger partial charge in [0.25, 0.3) is 0 Å². The molecule has 0 bridgehead atoms. The van der Waals surface area contributed by atoms with Gasteiger partial charge >= 0.3 is 0 Å². The van der Waals surface area contributed by atoms with E-state index in [9.17, 15) is 14.0 Å². The van der Waals surface area contributed by atoms with Crippen molar-refractivity contribution in [1.82, 2.24) is 4.90 Å². The number of likely N-dealkylation sites (tertiary alicyclic amines) is 1. The van der Waals surface area contributed by atoms with Gasteiger partial charge < -0.3 is 15.0 Å². The van der Waals surface area contributed by atoms with Crippen molar-refractivity contribution < 1.29 is 18.7 Å². The molecule has 0 aromatic heterocycles. The minimum Gasteiger partial charge on any atom is -0.381 e. The van der Waals surface area contributed by atoms with Crippen molar-refractivity contribution in [3.05, 3.63) is 30.1 Å². The second-order valence-corrected chi connectivity index (χ2v) is 8.58. The number of carbonyl (C=O) groups excluding carboxylic acids is 2. The Hall–Kier alpha value is -1.95. The Bertz CT molecular complexity index is 709. The Morgan fingerprint density at radius 2 is 1.75 bits per heavy atom. The van der Waals surface area contributed by atoms with Gasteiger partial charge in [0.1, 0.15) is 5.82 Å². The summed E-state index contributed by atoms with van der Waals surface area (Å²) in [6, 6.07) is 5.83. The maximum atomic E-state index is 13.2. The Kier molecular flexibility index (Phi) is 5.67. The summed E-state index contributed by atoms with van der Waals surface area (Å²) in [7, 11) is 0. The molecule has 3 aliphatic rings. The fourth-order valence-corrected chi connectivity index (χ4v) is 5.15. The summed E-state index contributed by atoms with van der Waals surface area (Å²) in [6.45, 7) is 2.38. The third-order valence-corrected chi connectivity index (χ3v) is 6.83. The number of hydrogen-bond donors (Lipinski definition) is 1. The molecule has 5 nitrogen and oxygen atoms in total. The standard InChI is InChI=1S/C22H29FN2O3/c23-17-6-8-18(9-7-17)24-20(26)19-14-25(15-22(19)10-12-28-13-11-22)21(27)16-4-2-1-3-5-16/h6-9,16,19H,1-5,10-15H2,(H,24,26). The van der Waals surface area contributed by atoms with Crippen molar-refractivity contribution >= 4 is 17.5 Å². The molecule has 1 aliphatic carbocycles. The third kappa shape index (κ3) is 3.93. The summed E-state index contributed by atoms with van der Waals surface area (Å²) >= 11 is 0. The summed E-state index contributed by atoms with van der Waals surface area (Å²) < 4.78 is 18.7. The monoisotopic (exact) mass is 388 g/mol. The van der Waals surface area contributed by atoms with Gasteiger partial charge in [0, 0.05) is 43.3 Å². The smallest absolute Gasteiger partial charge is 0.229 e. The molecule has 2 amide bonds. The number of halogens is 1. The van der Waals surface area contributed by atoms with E-state index in [2.05, 4.69) is 5.32 Å². The molecule has 0 radical (unpaired) electrons. The predicted octanol–water partition coefficient (Wildman–Crippen LogP) is 3.60. The molecular weight excluding hydrogens is 359 g/mol. The first kappa shape index (κ1) is 19.4. The van der Waals surface area contributed by atoms with Crippen LogP contribution in [0.4, 0.5) is 10.1 Å². The van der Waals surface area contributed by atoms with E-state index in [4.69, 9.17) is 4.74 Å². The Morgan fingerprint density at radius 1 is 1.07 bits per heavy atom. The molecular formula is C22H29FN2O3. The molecule has 1 spiro atoms. The quantitative estimate of drug-likeness (QED) is 0.861. The van der Waals surface area contributed by atoms with Crippen molar-refractivity contribution in [3.63, 3.8) is 0 Å². The molecule has 2 aliphatic heterocycles.